The quantitative estimate of drug-likeness (QED) is 0.804. The SMILES string of the molecule is CC(C)C(CN)NCc1cc2c(s1)CCCCC2. The highest BCUT2D eigenvalue weighted by atomic mass is 32.1. The Balaban J connectivity index is 1.94. The van der Waals surface area contributed by atoms with Crippen molar-refractivity contribution in [2.75, 3.05) is 6.54 Å². The normalized spacial score (nSPS) is 17.6. The summed E-state index contributed by atoms with van der Waals surface area (Å²) in [5.74, 6) is 0.604. The Hall–Kier alpha value is -0.380. The first-order valence-electron chi connectivity index (χ1n) is 7.24. The number of rotatable bonds is 5. The van der Waals surface area contributed by atoms with Gasteiger partial charge in [0.15, 0.2) is 0 Å². The number of nitrogens with two attached hydrogens (primary N) is 1. The van der Waals surface area contributed by atoms with Crippen LogP contribution in [0.25, 0.3) is 0 Å². The molecule has 3 heteroatoms. The van der Waals surface area contributed by atoms with Gasteiger partial charge in [-0.25, -0.2) is 0 Å². The van der Waals surface area contributed by atoms with E-state index in [1.165, 1.54) is 37.0 Å². The first-order valence-corrected chi connectivity index (χ1v) is 8.06. The van der Waals surface area contributed by atoms with E-state index in [0.29, 0.717) is 12.0 Å². The van der Waals surface area contributed by atoms with Gasteiger partial charge < -0.3 is 11.1 Å². The van der Waals surface area contributed by atoms with E-state index < -0.39 is 0 Å². The fourth-order valence-electron chi connectivity index (χ4n) is 2.64. The molecule has 0 radical (unpaired) electrons. The van der Waals surface area contributed by atoms with Crippen molar-refractivity contribution >= 4 is 11.3 Å². The van der Waals surface area contributed by atoms with E-state index in [1.807, 2.05) is 11.3 Å². The fourth-order valence-corrected chi connectivity index (χ4v) is 3.85. The number of hydrogen-bond donors (Lipinski definition) is 2. The van der Waals surface area contributed by atoms with Gasteiger partial charge in [-0.3, -0.25) is 0 Å². The van der Waals surface area contributed by atoms with Crippen LogP contribution >= 0.6 is 11.3 Å². The van der Waals surface area contributed by atoms with E-state index in [1.54, 1.807) is 10.4 Å². The maximum atomic E-state index is 5.80. The molecule has 2 rings (SSSR count). The molecule has 1 aliphatic carbocycles. The van der Waals surface area contributed by atoms with Crippen LogP contribution < -0.4 is 11.1 Å². The van der Waals surface area contributed by atoms with E-state index in [9.17, 15) is 0 Å². The van der Waals surface area contributed by atoms with Crippen LogP contribution in [-0.2, 0) is 19.4 Å². The minimum Gasteiger partial charge on any atom is -0.329 e. The van der Waals surface area contributed by atoms with Gasteiger partial charge in [0.05, 0.1) is 0 Å². The zero-order valence-corrected chi connectivity index (χ0v) is 12.5. The molecule has 0 saturated carbocycles. The Morgan fingerprint density at radius 2 is 2.06 bits per heavy atom. The van der Waals surface area contributed by atoms with Crippen molar-refractivity contribution in [2.24, 2.45) is 11.7 Å². The molecule has 1 unspecified atom stereocenters. The third-order valence-electron chi connectivity index (χ3n) is 3.89. The summed E-state index contributed by atoms with van der Waals surface area (Å²) in [4.78, 5) is 3.12. The average Bonchev–Trinajstić information content (AvgIpc) is 2.60. The van der Waals surface area contributed by atoms with Gasteiger partial charge in [0.1, 0.15) is 0 Å². The van der Waals surface area contributed by atoms with Crippen molar-refractivity contribution in [2.45, 2.75) is 58.5 Å². The van der Waals surface area contributed by atoms with Crippen molar-refractivity contribution in [3.63, 3.8) is 0 Å². The molecule has 0 amide bonds. The summed E-state index contributed by atoms with van der Waals surface area (Å²) in [6, 6.07) is 2.86. The molecule has 0 aromatic carbocycles. The number of fused-ring (bicyclic) bond motifs is 1. The summed E-state index contributed by atoms with van der Waals surface area (Å²) in [5, 5.41) is 3.60. The Morgan fingerprint density at radius 1 is 1.28 bits per heavy atom. The summed E-state index contributed by atoms with van der Waals surface area (Å²) in [6.45, 7) is 6.17. The summed E-state index contributed by atoms with van der Waals surface area (Å²) < 4.78 is 0. The number of hydrogen-bond acceptors (Lipinski definition) is 3. The summed E-state index contributed by atoms with van der Waals surface area (Å²) in [6.07, 6.45) is 6.73. The Labute approximate surface area is 115 Å². The minimum absolute atomic E-state index is 0.437. The van der Waals surface area contributed by atoms with Gasteiger partial charge in [-0.15, -0.1) is 11.3 Å². The molecule has 1 atom stereocenters. The Morgan fingerprint density at radius 3 is 2.78 bits per heavy atom. The average molecular weight is 266 g/mol. The van der Waals surface area contributed by atoms with E-state index >= 15 is 0 Å². The van der Waals surface area contributed by atoms with E-state index in [-0.39, 0.29) is 0 Å². The van der Waals surface area contributed by atoms with Crippen molar-refractivity contribution in [1.82, 2.24) is 5.32 Å². The summed E-state index contributed by atoms with van der Waals surface area (Å²) in [5.41, 5.74) is 7.41. The Kier molecular flexibility index (Phi) is 5.22. The van der Waals surface area contributed by atoms with Crippen molar-refractivity contribution in [1.29, 1.82) is 0 Å². The predicted molar refractivity (Wildman–Crippen MR) is 80.1 cm³/mol. The molecule has 1 aromatic heterocycles. The third kappa shape index (κ3) is 3.56. The highest BCUT2D eigenvalue weighted by Gasteiger charge is 2.14. The third-order valence-corrected chi connectivity index (χ3v) is 5.13. The zero-order chi connectivity index (χ0) is 13.0. The largest absolute Gasteiger partial charge is 0.329 e. The van der Waals surface area contributed by atoms with Gasteiger partial charge in [0, 0.05) is 28.9 Å². The Bertz CT molecular complexity index is 347. The highest BCUT2D eigenvalue weighted by Crippen LogP contribution is 2.28. The summed E-state index contributed by atoms with van der Waals surface area (Å²) in [7, 11) is 0. The van der Waals surface area contributed by atoms with Crippen LogP contribution in [0.15, 0.2) is 6.07 Å². The standard InChI is InChI=1S/C15H26N2S/c1-11(2)14(9-16)17-10-13-8-12-6-4-3-5-7-15(12)18-13/h8,11,14,17H,3-7,9-10,16H2,1-2H3. The van der Waals surface area contributed by atoms with Crippen LogP contribution in [0.2, 0.25) is 0 Å². The fraction of sp³-hybridized carbons (Fsp3) is 0.733. The molecule has 18 heavy (non-hydrogen) atoms. The topological polar surface area (TPSA) is 38.0 Å². The predicted octanol–water partition coefficient (Wildman–Crippen LogP) is 3.09. The van der Waals surface area contributed by atoms with E-state index in [4.69, 9.17) is 5.73 Å². The molecule has 1 heterocycles. The second kappa shape index (κ2) is 6.69. The number of nitrogens with one attached hydrogen (secondary N) is 1. The van der Waals surface area contributed by atoms with Crippen LogP contribution in [0, 0.1) is 5.92 Å². The number of thiophene rings is 1. The second-order valence-corrected chi connectivity index (χ2v) is 6.91. The molecule has 0 fully saturated rings. The second-order valence-electron chi connectivity index (χ2n) is 5.69. The molecule has 1 aliphatic rings. The van der Waals surface area contributed by atoms with E-state index in [0.717, 1.165) is 13.1 Å². The van der Waals surface area contributed by atoms with Crippen LogP contribution in [0.5, 0.6) is 0 Å². The smallest absolute Gasteiger partial charge is 0.0303 e. The monoisotopic (exact) mass is 266 g/mol. The van der Waals surface area contributed by atoms with Gasteiger partial charge in [0.2, 0.25) is 0 Å². The molecule has 102 valence electrons. The lowest BCUT2D eigenvalue weighted by Crippen LogP contribution is -2.39. The number of aryl methyl sites for hydroxylation is 2. The van der Waals surface area contributed by atoms with Crippen molar-refractivity contribution < 1.29 is 0 Å². The van der Waals surface area contributed by atoms with Gasteiger partial charge >= 0.3 is 0 Å². The molecular weight excluding hydrogens is 240 g/mol. The van der Waals surface area contributed by atoms with Crippen LogP contribution in [0.1, 0.15) is 48.4 Å². The molecule has 3 N–H and O–H groups in total. The lowest BCUT2D eigenvalue weighted by atomic mass is 10.0. The molecule has 0 aliphatic heterocycles. The molecule has 2 nitrogen and oxygen atoms in total. The molecule has 0 spiro atoms. The first kappa shape index (κ1) is 14.0. The van der Waals surface area contributed by atoms with E-state index in [2.05, 4.69) is 25.2 Å². The van der Waals surface area contributed by atoms with Gasteiger partial charge in [-0.1, -0.05) is 20.3 Å². The van der Waals surface area contributed by atoms with Crippen molar-refractivity contribution in [3.05, 3.63) is 21.4 Å². The minimum atomic E-state index is 0.437. The van der Waals surface area contributed by atoms with Crippen LogP contribution in [0.3, 0.4) is 0 Å². The van der Waals surface area contributed by atoms with Crippen LogP contribution in [-0.4, -0.2) is 12.6 Å². The van der Waals surface area contributed by atoms with Crippen LogP contribution in [0.4, 0.5) is 0 Å². The maximum Gasteiger partial charge on any atom is 0.0303 e. The highest BCUT2D eigenvalue weighted by molar-refractivity contribution is 7.12. The molecule has 0 bridgehead atoms. The van der Waals surface area contributed by atoms with Gasteiger partial charge in [-0.05, 0) is 43.2 Å². The zero-order valence-electron chi connectivity index (χ0n) is 11.7. The van der Waals surface area contributed by atoms with Crippen molar-refractivity contribution in [3.8, 4) is 0 Å². The van der Waals surface area contributed by atoms with Gasteiger partial charge in [0.25, 0.3) is 0 Å². The molecule has 1 aromatic rings. The first-order chi connectivity index (χ1) is 8.70. The molecule has 0 saturated heterocycles. The summed E-state index contributed by atoms with van der Waals surface area (Å²) >= 11 is 2.01. The van der Waals surface area contributed by atoms with Gasteiger partial charge in [-0.2, -0.15) is 0 Å². The lowest BCUT2D eigenvalue weighted by molar-refractivity contribution is 0.406. The lowest BCUT2D eigenvalue weighted by Gasteiger charge is -2.19. The molecular formula is C15H26N2S. The maximum absolute atomic E-state index is 5.80.